The van der Waals surface area contributed by atoms with E-state index >= 15 is 0 Å². The van der Waals surface area contributed by atoms with Crippen LogP contribution in [0.1, 0.15) is 52.9 Å². The lowest BCUT2D eigenvalue weighted by Crippen LogP contribution is -2.49. The van der Waals surface area contributed by atoms with Crippen LogP contribution in [0.15, 0.2) is 0 Å². The number of hydrogen-bond acceptors (Lipinski definition) is 4. The number of amides is 1. The van der Waals surface area contributed by atoms with Crippen LogP contribution in [-0.2, 0) is 9.53 Å². The minimum absolute atomic E-state index is 0. The van der Waals surface area contributed by atoms with Gasteiger partial charge >= 0.3 is 0 Å². The summed E-state index contributed by atoms with van der Waals surface area (Å²) in [7, 11) is 0. The highest BCUT2D eigenvalue weighted by Gasteiger charge is 2.29. The fourth-order valence-electron chi connectivity index (χ4n) is 5.10. The van der Waals surface area contributed by atoms with Crippen molar-refractivity contribution in [3.05, 3.63) is 0 Å². The molecule has 166 valence electrons. The molecule has 3 saturated heterocycles. The summed E-state index contributed by atoms with van der Waals surface area (Å²) in [6.45, 7) is 14.0. The number of halogens is 2. The van der Waals surface area contributed by atoms with Gasteiger partial charge in [-0.1, -0.05) is 6.92 Å². The Hall–Kier alpha value is -0.0700. The number of ether oxygens (including phenoxy) is 1. The number of nitrogens with one attached hydrogen (secondary N) is 1. The van der Waals surface area contributed by atoms with Crippen molar-refractivity contribution in [1.29, 1.82) is 0 Å². The Morgan fingerprint density at radius 2 is 1.75 bits per heavy atom. The molecule has 5 nitrogen and oxygen atoms in total. The first-order valence-electron chi connectivity index (χ1n) is 10.9. The molecule has 7 heteroatoms. The number of carbonyl (C=O) groups excluding carboxylic acids is 1. The van der Waals surface area contributed by atoms with Crippen LogP contribution in [0.25, 0.3) is 0 Å². The van der Waals surface area contributed by atoms with Crippen molar-refractivity contribution in [3.63, 3.8) is 0 Å². The van der Waals surface area contributed by atoms with E-state index in [-0.39, 0.29) is 24.8 Å². The average molecular weight is 438 g/mol. The summed E-state index contributed by atoms with van der Waals surface area (Å²) in [6.07, 6.45) is 6.27. The zero-order valence-electron chi connectivity index (χ0n) is 17.9. The van der Waals surface area contributed by atoms with Crippen molar-refractivity contribution < 1.29 is 9.53 Å². The number of hydrogen-bond donors (Lipinski definition) is 1. The quantitative estimate of drug-likeness (QED) is 0.716. The topological polar surface area (TPSA) is 44.8 Å². The third-order valence-electron chi connectivity index (χ3n) is 6.62. The lowest BCUT2D eigenvalue weighted by Gasteiger charge is -2.39. The molecular formula is C21H41Cl2N3O2. The fraction of sp³-hybridized carbons (Fsp3) is 0.952. The van der Waals surface area contributed by atoms with Gasteiger partial charge in [-0.05, 0) is 70.4 Å². The molecule has 0 aromatic rings. The Labute approximate surface area is 184 Å². The van der Waals surface area contributed by atoms with Gasteiger partial charge in [0, 0.05) is 39.1 Å². The van der Waals surface area contributed by atoms with Gasteiger partial charge in [-0.3, -0.25) is 9.69 Å². The summed E-state index contributed by atoms with van der Waals surface area (Å²) >= 11 is 0. The highest BCUT2D eigenvalue weighted by atomic mass is 35.5. The second kappa shape index (κ2) is 12.6. The van der Waals surface area contributed by atoms with Crippen molar-refractivity contribution in [2.75, 3.05) is 45.8 Å². The van der Waals surface area contributed by atoms with E-state index in [1.165, 1.54) is 19.4 Å². The predicted molar refractivity (Wildman–Crippen MR) is 120 cm³/mol. The van der Waals surface area contributed by atoms with Gasteiger partial charge in [0.2, 0.25) is 5.91 Å². The highest BCUT2D eigenvalue weighted by molar-refractivity contribution is 5.85. The maximum absolute atomic E-state index is 12.7. The zero-order valence-corrected chi connectivity index (χ0v) is 19.5. The SMILES string of the molecule is CC1CN(CC2CCN(C(=O)CC(C)C3CCCNC3)CC2)CC(C)O1.Cl.Cl. The molecule has 3 fully saturated rings. The second-order valence-corrected chi connectivity index (χ2v) is 9.09. The lowest BCUT2D eigenvalue weighted by molar-refractivity contribution is -0.134. The van der Waals surface area contributed by atoms with E-state index < -0.39 is 0 Å². The molecular weight excluding hydrogens is 397 g/mol. The molecule has 4 unspecified atom stereocenters. The minimum atomic E-state index is 0. The Morgan fingerprint density at radius 1 is 1.11 bits per heavy atom. The maximum atomic E-state index is 12.7. The Morgan fingerprint density at radius 3 is 2.32 bits per heavy atom. The van der Waals surface area contributed by atoms with E-state index in [9.17, 15) is 4.79 Å². The summed E-state index contributed by atoms with van der Waals surface area (Å²) in [5, 5.41) is 3.48. The van der Waals surface area contributed by atoms with Gasteiger partial charge in [-0.25, -0.2) is 0 Å². The van der Waals surface area contributed by atoms with Crippen molar-refractivity contribution >= 4 is 30.7 Å². The van der Waals surface area contributed by atoms with Crippen LogP contribution in [0.2, 0.25) is 0 Å². The molecule has 28 heavy (non-hydrogen) atoms. The minimum Gasteiger partial charge on any atom is -0.373 e. The predicted octanol–water partition coefficient (Wildman–Crippen LogP) is 3.20. The Bertz CT molecular complexity index is 445. The van der Waals surface area contributed by atoms with E-state index in [0.717, 1.165) is 64.4 Å². The first-order valence-corrected chi connectivity index (χ1v) is 10.9. The Balaban J connectivity index is 0.00000196. The largest absolute Gasteiger partial charge is 0.373 e. The van der Waals surface area contributed by atoms with Gasteiger partial charge in [0.15, 0.2) is 0 Å². The molecule has 0 radical (unpaired) electrons. The van der Waals surface area contributed by atoms with Crippen molar-refractivity contribution in [2.24, 2.45) is 17.8 Å². The first-order chi connectivity index (χ1) is 12.5. The lowest BCUT2D eigenvalue weighted by atomic mass is 9.85. The molecule has 0 aliphatic carbocycles. The third-order valence-corrected chi connectivity index (χ3v) is 6.62. The average Bonchev–Trinajstić information content (AvgIpc) is 2.62. The van der Waals surface area contributed by atoms with Gasteiger partial charge in [0.25, 0.3) is 0 Å². The van der Waals surface area contributed by atoms with Crippen molar-refractivity contribution in [1.82, 2.24) is 15.1 Å². The second-order valence-electron chi connectivity index (χ2n) is 9.09. The molecule has 0 saturated carbocycles. The molecule has 0 bridgehead atoms. The van der Waals surface area contributed by atoms with Crippen LogP contribution in [0.5, 0.6) is 0 Å². The van der Waals surface area contributed by atoms with E-state index in [0.29, 0.717) is 30.0 Å². The van der Waals surface area contributed by atoms with E-state index in [1.54, 1.807) is 0 Å². The Kier molecular flexibility index (Phi) is 11.7. The number of rotatable bonds is 5. The number of likely N-dealkylation sites (tertiary alicyclic amines) is 1. The molecule has 3 rings (SSSR count). The highest BCUT2D eigenvalue weighted by Crippen LogP contribution is 2.25. The van der Waals surface area contributed by atoms with Crippen molar-refractivity contribution in [3.8, 4) is 0 Å². The fourth-order valence-corrected chi connectivity index (χ4v) is 5.10. The molecule has 0 aromatic carbocycles. The molecule has 3 aliphatic rings. The van der Waals surface area contributed by atoms with Crippen molar-refractivity contribution in [2.45, 2.75) is 65.1 Å². The van der Waals surface area contributed by atoms with Gasteiger partial charge in [0.05, 0.1) is 12.2 Å². The summed E-state index contributed by atoms with van der Waals surface area (Å²) in [4.78, 5) is 17.4. The summed E-state index contributed by atoms with van der Waals surface area (Å²) < 4.78 is 5.84. The molecule has 0 aromatic heterocycles. The van der Waals surface area contributed by atoms with Crippen LogP contribution in [0, 0.1) is 17.8 Å². The summed E-state index contributed by atoms with van der Waals surface area (Å²) in [5.74, 6) is 2.30. The van der Waals surface area contributed by atoms with Gasteiger partial charge < -0.3 is 15.0 Å². The standard InChI is InChI=1S/C21H39N3O2.2ClH/c1-16(20-5-4-8-22-12-20)11-21(25)24-9-6-19(7-10-24)15-23-13-17(2)26-18(3)14-23;;/h16-20,22H,4-15H2,1-3H3;2*1H. The monoisotopic (exact) mass is 437 g/mol. The molecule has 0 spiro atoms. The van der Waals surface area contributed by atoms with Crippen LogP contribution < -0.4 is 5.32 Å². The van der Waals surface area contributed by atoms with Crippen LogP contribution in [-0.4, -0.2) is 73.7 Å². The summed E-state index contributed by atoms with van der Waals surface area (Å²) in [6, 6.07) is 0. The number of nitrogens with zero attached hydrogens (tertiary/aromatic N) is 2. The van der Waals surface area contributed by atoms with Gasteiger partial charge in [0.1, 0.15) is 0 Å². The number of piperidine rings is 2. The molecule has 3 aliphatic heterocycles. The van der Waals surface area contributed by atoms with E-state index in [1.807, 2.05) is 0 Å². The van der Waals surface area contributed by atoms with Gasteiger partial charge in [-0.2, -0.15) is 0 Å². The molecule has 3 heterocycles. The molecule has 1 N–H and O–H groups in total. The first kappa shape index (κ1) is 26.0. The van der Waals surface area contributed by atoms with E-state index in [4.69, 9.17) is 4.74 Å². The molecule has 1 amide bonds. The normalized spacial score (nSPS) is 30.8. The van der Waals surface area contributed by atoms with E-state index in [2.05, 4.69) is 35.9 Å². The van der Waals surface area contributed by atoms with Crippen LogP contribution in [0.3, 0.4) is 0 Å². The van der Waals surface area contributed by atoms with Crippen LogP contribution in [0.4, 0.5) is 0 Å². The number of carbonyl (C=O) groups is 1. The smallest absolute Gasteiger partial charge is 0.222 e. The zero-order chi connectivity index (χ0) is 18.5. The third kappa shape index (κ3) is 7.64. The molecule has 4 atom stereocenters. The number of morpholine rings is 1. The van der Waals surface area contributed by atoms with Gasteiger partial charge in [-0.15, -0.1) is 24.8 Å². The summed E-state index contributed by atoms with van der Waals surface area (Å²) in [5.41, 5.74) is 0. The maximum Gasteiger partial charge on any atom is 0.222 e. The van der Waals surface area contributed by atoms with Crippen LogP contribution >= 0.6 is 24.8 Å².